The van der Waals surface area contributed by atoms with E-state index < -0.39 is 0 Å². The highest BCUT2D eigenvalue weighted by molar-refractivity contribution is 5.18. The molecule has 1 aliphatic rings. The average Bonchev–Trinajstić information content (AvgIpc) is 2.31. The standard InChI is InChI=1S/C13H19NO/c14-13(12-6-2-1-3-7-12)9-11-5-4-8-15-10-11/h1-3,6-7,11,13H,4-5,8-10,14H2. The Morgan fingerprint density at radius 1 is 1.33 bits per heavy atom. The zero-order valence-corrected chi connectivity index (χ0v) is 9.06. The summed E-state index contributed by atoms with van der Waals surface area (Å²) in [7, 11) is 0. The molecule has 0 aromatic heterocycles. The first-order chi connectivity index (χ1) is 7.36. The minimum absolute atomic E-state index is 0.165. The third-order valence-corrected chi connectivity index (χ3v) is 3.07. The van der Waals surface area contributed by atoms with Crippen molar-refractivity contribution in [3.63, 3.8) is 0 Å². The van der Waals surface area contributed by atoms with Gasteiger partial charge in [0.05, 0.1) is 0 Å². The second-order valence-corrected chi connectivity index (χ2v) is 4.34. The van der Waals surface area contributed by atoms with Crippen LogP contribution in [-0.4, -0.2) is 13.2 Å². The topological polar surface area (TPSA) is 35.2 Å². The molecule has 0 spiro atoms. The number of ether oxygens (including phenoxy) is 1. The Balaban J connectivity index is 1.88. The molecule has 2 heteroatoms. The summed E-state index contributed by atoms with van der Waals surface area (Å²) in [6.07, 6.45) is 3.50. The molecule has 1 saturated heterocycles. The van der Waals surface area contributed by atoms with Gasteiger partial charge in [0.2, 0.25) is 0 Å². The Bertz CT molecular complexity index is 280. The first-order valence-corrected chi connectivity index (χ1v) is 5.74. The molecule has 2 unspecified atom stereocenters. The molecule has 2 rings (SSSR count). The van der Waals surface area contributed by atoms with E-state index in [1.807, 2.05) is 18.2 Å². The maximum atomic E-state index is 6.17. The number of benzene rings is 1. The van der Waals surface area contributed by atoms with Gasteiger partial charge in [-0.25, -0.2) is 0 Å². The van der Waals surface area contributed by atoms with Crippen molar-refractivity contribution >= 4 is 0 Å². The first-order valence-electron chi connectivity index (χ1n) is 5.74. The molecule has 1 aliphatic heterocycles. The van der Waals surface area contributed by atoms with E-state index in [9.17, 15) is 0 Å². The average molecular weight is 205 g/mol. The van der Waals surface area contributed by atoms with Gasteiger partial charge in [-0.3, -0.25) is 0 Å². The van der Waals surface area contributed by atoms with Crippen molar-refractivity contribution in [2.24, 2.45) is 11.7 Å². The summed E-state index contributed by atoms with van der Waals surface area (Å²) in [5.74, 6) is 0.647. The van der Waals surface area contributed by atoms with E-state index in [4.69, 9.17) is 10.5 Å². The predicted molar refractivity (Wildman–Crippen MR) is 61.5 cm³/mol. The van der Waals surface area contributed by atoms with Gasteiger partial charge >= 0.3 is 0 Å². The maximum Gasteiger partial charge on any atom is 0.0494 e. The normalized spacial score (nSPS) is 23.7. The molecule has 0 aliphatic carbocycles. The van der Waals surface area contributed by atoms with Gasteiger partial charge in [0.15, 0.2) is 0 Å². The monoisotopic (exact) mass is 205 g/mol. The summed E-state index contributed by atoms with van der Waals surface area (Å²) in [6, 6.07) is 10.5. The molecule has 2 atom stereocenters. The summed E-state index contributed by atoms with van der Waals surface area (Å²) in [6.45, 7) is 1.82. The van der Waals surface area contributed by atoms with Gasteiger partial charge in [-0.05, 0) is 30.7 Å². The fourth-order valence-electron chi connectivity index (χ4n) is 2.19. The third kappa shape index (κ3) is 3.05. The third-order valence-electron chi connectivity index (χ3n) is 3.07. The lowest BCUT2D eigenvalue weighted by atomic mass is 9.91. The number of rotatable bonds is 3. The Kier molecular flexibility index (Phi) is 3.75. The molecule has 15 heavy (non-hydrogen) atoms. The van der Waals surface area contributed by atoms with Crippen LogP contribution in [0.3, 0.4) is 0 Å². The number of hydrogen-bond donors (Lipinski definition) is 1. The molecule has 1 aromatic rings. The Morgan fingerprint density at radius 2 is 2.13 bits per heavy atom. The van der Waals surface area contributed by atoms with Gasteiger partial charge in [-0.15, -0.1) is 0 Å². The quantitative estimate of drug-likeness (QED) is 0.823. The molecule has 2 N–H and O–H groups in total. The highest BCUT2D eigenvalue weighted by atomic mass is 16.5. The Labute approximate surface area is 91.4 Å². The van der Waals surface area contributed by atoms with Crippen LogP contribution in [0.1, 0.15) is 30.9 Å². The molecule has 0 amide bonds. The molecule has 1 aromatic carbocycles. The summed E-state index contributed by atoms with van der Waals surface area (Å²) in [4.78, 5) is 0. The van der Waals surface area contributed by atoms with Crippen LogP contribution in [-0.2, 0) is 4.74 Å². The van der Waals surface area contributed by atoms with Crippen LogP contribution in [0.5, 0.6) is 0 Å². The molecule has 1 fully saturated rings. The zero-order chi connectivity index (χ0) is 10.5. The fraction of sp³-hybridized carbons (Fsp3) is 0.538. The van der Waals surface area contributed by atoms with Crippen LogP contribution in [0.2, 0.25) is 0 Å². The Hall–Kier alpha value is -0.860. The zero-order valence-electron chi connectivity index (χ0n) is 9.06. The lowest BCUT2D eigenvalue weighted by molar-refractivity contribution is 0.0491. The van der Waals surface area contributed by atoms with Crippen molar-refractivity contribution in [2.75, 3.05) is 13.2 Å². The summed E-state index contributed by atoms with van der Waals surface area (Å²) in [5, 5.41) is 0. The van der Waals surface area contributed by atoms with Crippen LogP contribution in [0.4, 0.5) is 0 Å². The lowest BCUT2D eigenvalue weighted by Gasteiger charge is -2.24. The second kappa shape index (κ2) is 5.29. The highest BCUT2D eigenvalue weighted by Gasteiger charge is 2.17. The molecule has 0 radical (unpaired) electrons. The van der Waals surface area contributed by atoms with Crippen LogP contribution < -0.4 is 5.73 Å². The Morgan fingerprint density at radius 3 is 2.80 bits per heavy atom. The maximum absolute atomic E-state index is 6.17. The van der Waals surface area contributed by atoms with Crippen LogP contribution >= 0.6 is 0 Å². The van der Waals surface area contributed by atoms with E-state index in [1.165, 1.54) is 18.4 Å². The van der Waals surface area contributed by atoms with Gasteiger partial charge in [-0.2, -0.15) is 0 Å². The van der Waals surface area contributed by atoms with E-state index in [0.29, 0.717) is 5.92 Å². The van der Waals surface area contributed by atoms with Crippen molar-refractivity contribution in [1.29, 1.82) is 0 Å². The van der Waals surface area contributed by atoms with E-state index in [1.54, 1.807) is 0 Å². The largest absolute Gasteiger partial charge is 0.381 e. The molecule has 1 heterocycles. The van der Waals surface area contributed by atoms with E-state index >= 15 is 0 Å². The number of nitrogens with two attached hydrogens (primary N) is 1. The molecule has 0 saturated carbocycles. The van der Waals surface area contributed by atoms with Crippen molar-refractivity contribution in [3.8, 4) is 0 Å². The predicted octanol–water partition coefficient (Wildman–Crippen LogP) is 2.50. The van der Waals surface area contributed by atoms with E-state index in [-0.39, 0.29) is 6.04 Å². The number of hydrogen-bond acceptors (Lipinski definition) is 2. The summed E-state index contributed by atoms with van der Waals surface area (Å²) in [5.41, 5.74) is 7.41. The molecular weight excluding hydrogens is 186 g/mol. The van der Waals surface area contributed by atoms with Gasteiger partial charge in [0.25, 0.3) is 0 Å². The van der Waals surface area contributed by atoms with Crippen LogP contribution in [0.25, 0.3) is 0 Å². The smallest absolute Gasteiger partial charge is 0.0494 e. The summed E-state index contributed by atoms with van der Waals surface area (Å²) < 4.78 is 5.46. The van der Waals surface area contributed by atoms with Crippen molar-refractivity contribution in [1.82, 2.24) is 0 Å². The molecule has 82 valence electrons. The van der Waals surface area contributed by atoms with Crippen molar-refractivity contribution < 1.29 is 4.74 Å². The minimum Gasteiger partial charge on any atom is -0.381 e. The lowest BCUT2D eigenvalue weighted by Crippen LogP contribution is -2.22. The van der Waals surface area contributed by atoms with E-state index in [2.05, 4.69) is 12.1 Å². The van der Waals surface area contributed by atoms with Gasteiger partial charge in [0.1, 0.15) is 0 Å². The van der Waals surface area contributed by atoms with Crippen LogP contribution in [0.15, 0.2) is 30.3 Å². The fourth-order valence-corrected chi connectivity index (χ4v) is 2.19. The van der Waals surface area contributed by atoms with Crippen LogP contribution in [0, 0.1) is 5.92 Å². The molecule has 2 nitrogen and oxygen atoms in total. The first kappa shape index (κ1) is 10.7. The van der Waals surface area contributed by atoms with Gasteiger partial charge in [0, 0.05) is 19.3 Å². The van der Waals surface area contributed by atoms with E-state index in [0.717, 1.165) is 19.6 Å². The SMILES string of the molecule is NC(CC1CCCOC1)c1ccccc1. The van der Waals surface area contributed by atoms with Crippen molar-refractivity contribution in [3.05, 3.63) is 35.9 Å². The minimum atomic E-state index is 0.165. The van der Waals surface area contributed by atoms with Gasteiger partial charge in [-0.1, -0.05) is 30.3 Å². The highest BCUT2D eigenvalue weighted by Crippen LogP contribution is 2.24. The van der Waals surface area contributed by atoms with Gasteiger partial charge < -0.3 is 10.5 Å². The van der Waals surface area contributed by atoms with Crippen molar-refractivity contribution in [2.45, 2.75) is 25.3 Å². The molecule has 0 bridgehead atoms. The summed E-state index contributed by atoms with van der Waals surface area (Å²) >= 11 is 0. The molecular formula is C13H19NO. The second-order valence-electron chi connectivity index (χ2n) is 4.34.